The number of phenolic OH excluding ortho intramolecular Hbond substituents is 1. The van der Waals surface area contributed by atoms with Crippen LogP contribution in [0.4, 0.5) is 8.78 Å². The van der Waals surface area contributed by atoms with Crippen molar-refractivity contribution in [1.29, 1.82) is 0 Å². The Balaban J connectivity index is 1.91. The minimum Gasteiger partial charge on any atom is -0.503 e. The smallest absolute Gasteiger partial charge is 0.338 e. The predicted molar refractivity (Wildman–Crippen MR) is 86.3 cm³/mol. The summed E-state index contributed by atoms with van der Waals surface area (Å²) in [4.78, 5) is 23.5. The molecule has 5 nitrogen and oxygen atoms in total. The Kier molecular flexibility index (Phi) is 5.93. The number of ether oxygens (including phenoxy) is 1. The second-order valence-electron chi connectivity index (χ2n) is 5.21. The molecule has 0 aliphatic rings. The number of phenols is 1. The van der Waals surface area contributed by atoms with E-state index < -0.39 is 41.4 Å². The lowest BCUT2D eigenvalue weighted by molar-refractivity contribution is -0.124. The zero-order chi connectivity index (χ0) is 18.6. The van der Waals surface area contributed by atoms with Crippen molar-refractivity contribution in [2.45, 2.75) is 13.0 Å². The highest BCUT2D eigenvalue weighted by molar-refractivity contribution is 6.30. The number of benzene rings is 2. The highest BCUT2D eigenvalue weighted by Crippen LogP contribution is 2.22. The molecule has 0 aromatic heterocycles. The summed E-state index contributed by atoms with van der Waals surface area (Å²) >= 11 is 5.78. The Hall–Kier alpha value is -2.67. The number of nitrogens with one attached hydrogen (secondary N) is 1. The molecule has 1 unspecified atom stereocenters. The number of hydrogen-bond donors (Lipinski definition) is 2. The van der Waals surface area contributed by atoms with E-state index in [4.69, 9.17) is 21.4 Å². The zero-order valence-electron chi connectivity index (χ0n) is 13.1. The molecule has 0 saturated carbocycles. The number of amides is 1. The van der Waals surface area contributed by atoms with Gasteiger partial charge in [-0.25, -0.2) is 13.6 Å². The number of carbonyl (C=O) groups is 2. The van der Waals surface area contributed by atoms with Gasteiger partial charge in [-0.2, -0.15) is 0 Å². The highest BCUT2D eigenvalue weighted by Gasteiger charge is 2.17. The fraction of sp³-hybridized carbons (Fsp3) is 0.176. The SMILES string of the molecule is CC(NC(=O)COC(=O)c1cc(F)c(O)c(F)c1)c1ccc(Cl)cc1. The predicted octanol–water partition coefficient (Wildman–Crippen LogP) is 3.36. The molecular weight excluding hydrogens is 356 g/mol. The van der Waals surface area contributed by atoms with Crippen molar-refractivity contribution in [2.75, 3.05) is 6.61 Å². The van der Waals surface area contributed by atoms with E-state index in [-0.39, 0.29) is 6.04 Å². The second kappa shape index (κ2) is 7.94. The van der Waals surface area contributed by atoms with Crippen LogP contribution in [-0.4, -0.2) is 23.6 Å². The molecule has 2 N–H and O–H groups in total. The Bertz CT molecular complexity index is 773. The Morgan fingerprint density at radius 1 is 1.20 bits per heavy atom. The topological polar surface area (TPSA) is 75.6 Å². The van der Waals surface area contributed by atoms with Gasteiger partial charge in [-0.15, -0.1) is 0 Å². The fourth-order valence-electron chi connectivity index (χ4n) is 2.02. The summed E-state index contributed by atoms with van der Waals surface area (Å²) in [7, 11) is 0. The quantitative estimate of drug-likeness (QED) is 0.792. The third kappa shape index (κ3) is 4.90. The maximum Gasteiger partial charge on any atom is 0.338 e. The summed E-state index contributed by atoms with van der Waals surface area (Å²) in [6.45, 7) is 1.11. The average molecular weight is 370 g/mol. The van der Waals surface area contributed by atoms with Crippen molar-refractivity contribution in [1.82, 2.24) is 5.32 Å². The van der Waals surface area contributed by atoms with Gasteiger partial charge in [0.2, 0.25) is 0 Å². The molecule has 0 aliphatic carbocycles. The first-order chi connectivity index (χ1) is 11.8. The van der Waals surface area contributed by atoms with Crippen molar-refractivity contribution in [3.8, 4) is 5.75 Å². The van der Waals surface area contributed by atoms with E-state index in [1.54, 1.807) is 31.2 Å². The summed E-state index contributed by atoms with van der Waals surface area (Å²) in [5.74, 6) is -5.46. The monoisotopic (exact) mass is 369 g/mol. The Labute approximate surface area is 147 Å². The first-order valence-corrected chi connectivity index (χ1v) is 7.55. The van der Waals surface area contributed by atoms with Crippen LogP contribution < -0.4 is 5.32 Å². The molecule has 0 saturated heterocycles. The average Bonchev–Trinajstić information content (AvgIpc) is 2.57. The Morgan fingerprint density at radius 3 is 2.32 bits per heavy atom. The van der Waals surface area contributed by atoms with Gasteiger partial charge in [0.1, 0.15) is 0 Å². The normalized spacial score (nSPS) is 11.7. The van der Waals surface area contributed by atoms with Crippen LogP contribution >= 0.6 is 11.6 Å². The number of carbonyl (C=O) groups excluding carboxylic acids is 2. The number of rotatable bonds is 5. The summed E-state index contributed by atoms with van der Waals surface area (Å²) in [6, 6.07) is 7.71. The molecule has 1 amide bonds. The van der Waals surface area contributed by atoms with Gasteiger partial charge in [-0.05, 0) is 36.8 Å². The summed E-state index contributed by atoms with van der Waals surface area (Å²) < 4.78 is 31.1. The summed E-state index contributed by atoms with van der Waals surface area (Å²) in [5.41, 5.74) is 0.345. The van der Waals surface area contributed by atoms with Crippen LogP contribution in [0.25, 0.3) is 0 Å². The van der Waals surface area contributed by atoms with Crippen molar-refractivity contribution in [2.24, 2.45) is 0 Å². The van der Waals surface area contributed by atoms with Crippen LogP contribution in [0.5, 0.6) is 5.75 Å². The van der Waals surface area contributed by atoms with Crippen LogP contribution in [0.3, 0.4) is 0 Å². The van der Waals surface area contributed by atoms with E-state index in [1.165, 1.54) is 0 Å². The molecule has 2 aromatic rings. The van der Waals surface area contributed by atoms with Gasteiger partial charge in [0.25, 0.3) is 5.91 Å². The first kappa shape index (κ1) is 18.7. The Morgan fingerprint density at radius 2 is 1.76 bits per heavy atom. The molecule has 132 valence electrons. The summed E-state index contributed by atoms with van der Waals surface area (Å²) in [5, 5.41) is 12.1. The number of aromatic hydroxyl groups is 1. The fourth-order valence-corrected chi connectivity index (χ4v) is 2.14. The van der Waals surface area contributed by atoms with Crippen LogP contribution in [0, 0.1) is 11.6 Å². The molecule has 0 aliphatic heterocycles. The van der Waals surface area contributed by atoms with Gasteiger partial charge in [-0.3, -0.25) is 4.79 Å². The van der Waals surface area contributed by atoms with Crippen LogP contribution in [0.1, 0.15) is 28.9 Å². The number of hydrogen-bond acceptors (Lipinski definition) is 4. The molecule has 0 bridgehead atoms. The van der Waals surface area contributed by atoms with Gasteiger partial charge in [0.05, 0.1) is 11.6 Å². The lowest BCUT2D eigenvalue weighted by Gasteiger charge is -2.14. The molecule has 25 heavy (non-hydrogen) atoms. The van der Waals surface area contributed by atoms with Gasteiger partial charge in [0, 0.05) is 5.02 Å². The van der Waals surface area contributed by atoms with Crippen LogP contribution in [0.2, 0.25) is 5.02 Å². The molecule has 1 atom stereocenters. The third-order valence-electron chi connectivity index (χ3n) is 3.33. The molecule has 2 rings (SSSR count). The maximum atomic E-state index is 13.2. The van der Waals surface area contributed by atoms with E-state index in [2.05, 4.69) is 5.32 Å². The summed E-state index contributed by atoms with van der Waals surface area (Å²) in [6.07, 6.45) is 0. The van der Waals surface area contributed by atoms with Gasteiger partial charge >= 0.3 is 5.97 Å². The minimum atomic E-state index is -1.30. The lowest BCUT2D eigenvalue weighted by atomic mass is 10.1. The molecule has 0 heterocycles. The van der Waals surface area contributed by atoms with E-state index >= 15 is 0 Å². The van der Waals surface area contributed by atoms with Crippen LogP contribution in [-0.2, 0) is 9.53 Å². The van der Waals surface area contributed by atoms with Gasteiger partial charge in [-0.1, -0.05) is 23.7 Å². The van der Waals surface area contributed by atoms with E-state index in [0.29, 0.717) is 17.2 Å². The number of halogens is 3. The second-order valence-corrected chi connectivity index (χ2v) is 5.64. The molecule has 0 radical (unpaired) electrons. The van der Waals surface area contributed by atoms with E-state index in [9.17, 15) is 18.4 Å². The van der Waals surface area contributed by atoms with E-state index in [1.807, 2.05) is 0 Å². The maximum absolute atomic E-state index is 13.2. The number of esters is 1. The van der Waals surface area contributed by atoms with Crippen molar-refractivity contribution >= 4 is 23.5 Å². The standard InChI is InChI=1S/C17H14ClF2NO4/c1-9(10-2-4-12(18)5-3-10)21-15(22)8-25-17(24)11-6-13(19)16(23)14(20)7-11/h2-7,9,23H,8H2,1H3,(H,21,22). The van der Waals surface area contributed by atoms with Crippen molar-refractivity contribution in [3.63, 3.8) is 0 Å². The third-order valence-corrected chi connectivity index (χ3v) is 3.59. The van der Waals surface area contributed by atoms with Gasteiger partial charge in [0.15, 0.2) is 24.0 Å². The molecule has 2 aromatic carbocycles. The lowest BCUT2D eigenvalue weighted by Crippen LogP contribution is -2.31. The molecule has 0 spiro atoms. The molecule has 8 heteroatoms. The molecular formula is C17H14ClF2NO4. The van der Waals surface area contributed by atoms with Crippen molar-refractivity contribution in [3.05, 3.63) is 64.2 Å². The minimum absolute atomic E-state index is 0.355. The first-order valence-electron chi connectivity index (χ1n) is 7.18. The largest absolute Gasteiger partial charge is 0.503 e. The molecule has 0 fully saturated rings. The van der Waals surface area contributed by atoms with Gasteiger partial charge < -0.3 is 15.2 Å². The van der Waals surface area contributed by atoms with Crippen LogP contribution in [0.15, 0.2) is 36.4 Å². The van der Waals surface area contributed by atoms with E-state index in [0.717, 1.165) is 5.56 Å². The zero-order valence-corrected chi connectivity index (χ0v) is 13.8. The van der Waals surface area contributed by atoms with Crippen molar-refractivity contribution < 1.29 is 28.2 Å². The highest BCUT2D eigenvalue weighted by atomic mass is 35.5.